The Morgan fingerprint density at radius 3 is 2.50 bits per heavy atom. The summed E-state index contributed by atoms with van der Waals surface area (Å²) in [6.45, 7) is 0.217. The van der Waals surface area contributed by atoms with Crippen LogP contribution in [0.2, 0.25) is 0 Å². The van der Waals surface area contributed by atoms with Crippen LogP contribution >= 0.6 is 0 Å². The lowest BCUT2D eigenvalue weighted by molar-refractivity contribution is -0.384. The number of anilines is 2. The summed E-state index contributed by atoms with van der Waals surface area (Å²) >= 11 is 0. The molecule has 1 saturated heterocycles. The number of nitrogens with zero attached hydrogens (tertiary/aromatic N) is 2. The number of rotatable bonds is 6. The van der Waals surface area contributed by atoms with E-state index >= 15 is 0 Å². The van der Waals surface area contributed by atoms with Gasteiger partial charge in [0.15, 0.2) is 0 Å². The fraction of sp³-hybridized carbons (Fsp3) is 0.263. The molecule has 0 spiro atoms. The molecular weight excluding hydrogens is 366 g/mol. The Labute approximate surface area is 161 Å². The van der Waals surface area contributed by atoms with Gasteiger partial charge in [-0.15, -0.1) is 0 Å². The van der Waals surface area contributed by atoms with E-state index < -0.39 is 16.7 Å². The van der Waals surface area contributed by atoms with Crippen molar-refractivity contribution < 1.29 is 24.0 Å². The van der Waals surface area contributed by atoms with E-state index in [-0.39, 0.29) is 30.2 Å². The number of nitro groups is 1. The first kappa shape index (κ1) is 19.2. The Hall–Kier alpha value is -3.62. The topological polar surface area (TPSA) is 111 Å². The molecule has 1 N–H and O–H groups in total. The number of benzene rings is 2. The maximum atomic E-state index is 12.7. The summed E-state index contributed by atoms with van der Waals surface area (Å²) in [6, 6.07) is 10.9. The molecule has 9 heteroatoms. The molecule has 146 valence electrons. The highest BCUT2D eigenvalue weighted by Crippen LogP contribution is 2.31. The van der Waals surface area contributed by atoms with Crippen molar-refractivity contribution in [3.63, 3.8) is 0 Å². The number of amides is 2. The second kappa shape index (κ2) is 7.95. The normalized spacial score (nSPS) is 16.0. The van der Waals surface area contributed by atoms with Crippen molar-refractivity contribution in [3.05, 3.63) is 52.6 Å². The van der Waals surface area contributed by atoms with Crippen molar-refractivity contribution in [2.24, 2.45) is 5.92 Å². The van der Waals surface area contributed by atoms with Gasteiger partial charge in [-0.3, -0.25) is 19.7 Å². The van der Waals surface area contributed by atoms with Gasteiger partial charge in [0.1, 0.15) is 11.5 Å². The van der Waals surface area contributed by atoms with E-state index in [4.69, 9.17) is 9.47 Å². The fourth-order valence-corrected chi connectivity index (χ4v) is 3.04. The fourth-order valence-electron chi connectivity index (χ4n) is 3.04. The maximum absolute atomic E-state index is 12.7. The molecule has 0 bridgehead atoms. The van der Waals surface area contributed by atoms with Crippen molar-refractivity contribution >= 4 is 28.9 Å². The molecule has 1 atom stereocenters. The number of hydrogen-bond acceptors (Lipinski definition) is 6. The molecule has 9 nitrogen and oxygen atoms in total. The van der Waals surface area contributed by atoms with Crippen molar-refractivity contribution in [2.75, 3.05) is 31.0 Å². The molecule has 0 aliphatic carbocycles. The molecule has 1 fully saturated rings. The van der Waals surface area contributed by atoms with Crippen LogP contribution in [0.5, 0.6) is 11.5 Å². The van der Waals surface area contributed by atoms with Crippen LogP contribution in [0.15, 0.2) is 42.5 Å². The first-order valence-corrected chi connectivity index (χ1v) is 8.50. The van der Waals surface area contributed by atoms with Crippen LogP contribution in [0.4, 0.5) is 17.1 Å². The first-order chi connectivity index (χ1) is 13.4. The smallest absolute Gasteiger partial charge is 0.271 e. The van der Waals surface area contributed by atoms with Crippen molar-refractivity contribution in [1.29, 1.82) is 0 Å². The lowest BCUT2D eigenvalue weighted by atomic mass is 10.1. The molecular formula is C19H19N3O6. The van der Waals surface area contributed by atoms with E-state index in [0.717, 1.165) is 0 Å². The average Bonchev–Trinajstić information content (AvgIpc) is 3.09. The van der Waals surface area contributed by atoms with Crippen LogP contribution in [0.3, 0.4) is 0 Å². The third kappa shape index (κ3) is 3.88. The van der Waals surface area contributed by atoms with E-state index in [1.54, 1.807) is 31.4 Å². The van der Waals surface area contributed by atoms with Gasteiger partial charge >= 0.3 is 0 Å². The van der Waals surface area contributed by atoms with E-state index in [1.807, 2.05) is 0 Å². The Balaban J connectivity index is 1.74. The van der Waals surface area contributed by atoms with Crippen LogP contribution in [0, 0.1) is 16.0 Å². The minimum Gasteiger partial charge on any atom is -0.497 e. The number of nitrogens with one attached hydrogen (secondary N) is 1. The summed E-state index contributed by atoms with van der Waals surface area (Å²) in [7, 11) is 2.96. The summed E-state index contributed by atoms with van der Waals surface area (Å²) in [5, 5.41) is 13.6. The van der Waals surface area contributed by atoms with Crippen LogP contribution in [-0.4, -0.2) is 37.5 Å². The van der Waals surface area contributed by atoms with Crippen molar-refractivity contribution in [2.45, 2.75) is 6.42 Å². The van der Waals surface area contributed by atoms with Crippen molar-refractivity contribution in [1.82, 2.24) is 0 Å². The summed E-state index contributed by atoms with van der Waals surface area (Å²) in [5.74, 6) is -0.184. The molecule has 1 aliphatic rings. The number of carbonyl (C=O) groups excluding carboxylic acids is 2. The van der Waals surface area contributed by atoms with Gasteiger partial charge in [0, 0.05) is 30.8 Å². The largest absolute Gasteiger partial charge is 0.497 e. The molecule has 2 amide bonds. The Bertz CT molecular complexity index is 912. The third-order valence-corrected chi connectivity index (χ3v) is 4.53. The highest BCUT2D eigenvalue weighted by molar-refractivity contribution is 6.04. The first-order valence-electron chi connectivity index (χ1n) is 8.50. The number of carbonyl (C=O) groups is 2. The minimum atomic E-state index is -0.585. The van der Waals surface area contributed by atoms with Gasteiger partial charge in [0.25, 0.3) is 5.69 Å². The van der Waals surface area contributed by atoms with Gasteiger partial charge in [-0.2, -0.15) is 0 Å². The third-order valence-electron chi connectivity index (χ3n) is 4.53. The Morgan fingerprint density at radius 1 is 1.18 bits per heavy atom. The minimum absolute atomic E-state index is 0.0507. The number of non-ortho nitro benzene ring substituents is 1. The summed E-state index contributed by atoms with van der Waals surface area (Å²) in [6.07, 6.45) is 0.0507. The van der Waals surface area contributed by atoms with Crippen LogP contribution in [0.25, 0.3) is 0 Å². The number of hydrogen-bond donors (Lipinski definition) is 1. The molecule has 0 saturated carbocycles. The van der Waals surface area contributed by atoms with Crippen molar-refractivity contribution in [3.8, 4) is 11.5 Å². The number of nitro benzene ring substituents is 1. The molecule has 3 rings (SSSR count). The lowest BCUT2D eigenvalue weighted by Gasteiger charge is -2.17. The van der Waals surface area contributed by atoms with Crippen LogP contribution < -0.4 is 19.7 Å². The van der Waals surface area contributed by atoms with E-state index in [2.05, 4.69) is 5.32 Å². The van der Waals surface area contributed by atoms with Gasteiger partial charge in [-0.1, -0.05) is 0 Å². The highest BCUT2D eigenvalue weighted by Gasteiger charge is 2.35. The SMILES string of the molecule is COc1ccc(N2C[C@@H](C(=O)Nc3cc([N+](=O)[O-])ccc3OC)CC2=O)cc1. The molecule has 28 heavy (non-hydrogen) atoms. The molecule has 0 aromatic heterocycles. The maximum Gasteiger partial charge on any atom is 0.271 e. The second-order valence-electron chi connectivity index (χ2n) is 6.23. The zero-order chi connectivity index (χ0) is 20.3. The number of methoxy groups -OCH3 is 2. The molecule has 2 aromatic rings. The molecule has 0 radical (unpaired) electrons. The van der Waals surface area contributed by atoms with Crippen LogP contribution in [0.1, 0.15) is 6.42 Å². The van der Waals surface area contributed by atoms with Crippen LogP contribution in [-0.2, 0) is 9.59 Å². The van der Waals surface area contributed by atoms with E-state index in [1.165, 1.54) is 30.2 Å². The molecule has 2 aromatic carbocycles. The summed E-state index contributed by atoms with van der Waals surface area (Å²) in [5.41, 5.74) is 0.699. The standard InChI is InChI=1S/C19H19N3O6/c1-27-15-6-3-13(4-7-15)21-11-12(9-18(21)23)19(24)20-16-10-14(22(25)26)5-8-17(16)28-2/h3-8,10,12H,9,11H2,1-2H3,(H,20,24)/t12-/m0/s1. The zero-order valence-electron chi connectivity index (χ0n) is 15.4. The Kier molecular flexibility index (Phi) is 5.44. The average molecular weight is 385 g/mol. The highest BCUT2D eigenvalue weighted by atomic mass is 16.6. The van der Waals surface area contributed by atoms with Gasteiger partial charge in [0.05, 0.1) is 30.7 Å². The van der Waals surface area contributed by atoms with Gasteiger partial charge in [-0.25, -0.2) is 0 Å². The summed E-state index contributed by atoms with van der Waals surface area (Å²) in [4.78, 5) is 37.0. The lowest BCUT2D eigenvalue weighted by Crippen LogP contribution is -2.28. The Morgan fingerprint density at radius 2 is 1.89 bits per heavy atom. The molecule has 1 heterocycles. The monoisotopic (exact) mass is 385 g/mol. The molecule has 1 aliphatic heterocycles. The van der Waals surface area contributed by atoms with Gasteiger partial charge in [0.2, 0.25) is 11.8 Å². The molecule has 0 unspecified atom stereocenters. The van der Waals surface area contributed by atoms with Gasteiger partial charge < -0.3 is 19.7 Å². The predicted octanol–water partition coefficient (Wildman–Crippen LogP) is 2.60. The van der Waals surface area contributed by atoms with E-state index in [9.17, 15) is 19.7 Å². The summed E-state index contributed by atoms with van der Waals surface area (Å²) < 4.78 is 10.3. The number of ether oxygens (including phenoxy) is 2. The zero-order valence-corrected chi connectivity index (χ0v) is 15.4. The second-order valence-corrected chi connectivity index (χ2v) is 6.23. The van der Waals surface area contributed by atoms with E-state index in [0.29, 0.717) is 17.2 Å². The predicted molar refractivity (Wildman–Crippen MR) is 102 cm³/mol. The van der Waals surface area contributed by atoms with Gasteiger partial charge in [-0.05, 0) is 30.3 Å². The quantitative estimate of drug-likeness (QED) is 0.604.